The first kappa shape index (κ1) is 16.6. The standard InChI is InChI=1S/C15H21NO5S/c1-15(6-7-22(18,19)10-15)16-14(17)8-11-4-5-12(20-2)9-13(11)21-3/h4-5,9H,6-8,10H2,1-3H3,(H,16,17). The summed E-state index contributed by atoms with van der Waals surface area (Å²) in [5, 5.41) is 2.83. The van der Waals surface area contributed by atoms with E-state index >= 15 is 0 Å². The predicted molar refractivity (Wildman–Crippen MR) is 83.1 cm³/mol. The molecule has 1 N–H and O–H groups in total. The topological polar surface area (TPSA) is 81.7 Å². The highest BCUT2D eigenvalue weighted by Crippen LogP contribution is 2.26. The number of rotatable bonds is 5. The Morgan fingerprint density at radius 1 is 1.32 bits per heavy atom. The molecule has 0 saturated carbocycles. The SMILES string of the molecule is COc1ccc(CC(=O)NC2(C)CCS(=O)(=O)C2)c(OC)c1. The molecule has 0 aromatic heterocycles. The van der Waals surface area contributed by atoms with E-state index in [1.165, 1.54) is 7.11 Å². The van der Waals surface area contributed by atoms with Gasteiger partial charge >= 0.3 is 0 Å². The van der Waals surface area contributed by atoms with Crippen molar-refractivity contribution in [1.29, 1.82) is 0 Å². The van der Waals surface area contributed by atoms with Crippen molar-refractivity contribution < 1.29 is 22.7 Å². The fourth-order valence-corrected chi connectivity index (χ4v) is 4.75. The molecule has 6 nitrogen and oxygen atoms in total. The molecule has 1 unspecified atom stereocenters. The Bertz CT molecular complexity index is 671. The summed E-state index contributed by atoms with van der Waals surface area (Å²) in [5.41, 5.74) is 0.0422. The largest absolute Gasteiger partial charge is 0.497 e. The Kier molecular flexibility index (Phi) is 4.65. The number of hydrogen-bond acceptors (Lipinski definition) is 5. The molecule has 1 heterocycles. The maximum atomic E-state index is 12.2. The van der Waals surface area contributed by atoms with E-state index in [2.05, 4.69) is 5.32 Å². The Morgan fingerprint density at radius 2 is 2.05 bits per heavy atom. The summed E-state index contributed by atoms with van der Waals surface area (Å²) < 4.78 is 33.5. The lowest BCUT2D eigenvalue weighted by molar-refractivity contribution is -0.121. The van der Waals surface area contributed by atoms with Gasteiger partial charge in [0.05, 0.1) is 37.7 Å². The lowest BCUT2D eigenvalue weighted by Crippen LogP contribution is -2.47. The molecule has 1 saturated heterocycles. The summed E-state index contributed by atoms with van der Waals surface area (Å²) in [6, 6.07) is 5.24. The number of ether oxygens (including phenoxy) is 2. The van der Waals surface area contributed by atoms with Gasteiger partial charge in [-0.25, -0.2) is 8.42 Å². The molecule has 1 aromatic rings. The van der Waals surface area contributed by atoms with Gasteiger partial charge in [-0.1, -0.05) is 6.07 Å². The van der Waals surface area contributed by atoms with Crippen molar-refractivity contribution in [3.05, 3.63) is 23.8 Å². The highest BCUT2D eigenvalue weighted by molar-refractivity contribution is 7.91. The summed E-state index contributed by atoms with van der Waals surface area (Å²) in [5.74, 6) is 1.11. The first-order chi connectivity index (χ1) is 10.3. The summed E-state index contributed by atoms with van der Waals surface area (Å²) in [6.07, 6.45) is 0.573. The zero-order chi connectivity index (χ0) is 16.4. The van der Waals surface area contributed by atoms with Gasteiger partial charge in [0.15, 0.2) is 9.84 Å². The minimum absolute atomic E-state index is 0.00844. The second-order valence-corrected chi connectivity index (χ2v) is 7.99. The number of carbonyl (C=O) groups excluding carboxylic acids is 1. The first-order valence-corrected chi connectivity index (χ1v) is 8.81. The summed E-state index contributed by atoms with van der Waals surface area (Å²) >= 11 is 0. The van der Waals surface area contributed by atoms with E-state index in [0.717, 1.165) is 5.56 Å². The van der Waals surface area contributed by atoms with Gasteiger partial charge in [0.1, 0.15) is 11.5 Å². The van der Waals surface area contributed by atoms with Crippen molar-refractivity contribution >= 4 is 15.7 Å². The maximum absolute atomic E-state index is 12.2. The molecule has 1 aliphatic heterocycles. The molecule has 0 bridgehead atoms. The minimum Gasteiger partial charge on any atom is -0.497 e. The van der Waals surface area contributed by atoms with Crippen LogP contribution in [-0.2, 0) is 21.1 Å². The molecule has 0 spiro atoms. The number of sulfone groups is 1. The van der Waals surface area contributed by atoms with Gasteiger partial charge in [0.25, 0.3) is 0 Å². The molecule has 1 fully saturated rings. The van der Waals surface area contributed by atoms with Gasteiger partial charge in [0.2, 0.25) is 5.91 Å². The van der Waals surface area contributed by atoms with Crippen molar-refractivity contribution in [2.75, 3.05) is 25.7 Å². The van der Waals surface area contributed by atoms with Crippen molar-refractivity contribution in [2.24, 2.45) is 0 Å². The van der Waals surface area contributed by atoms with Crippen LogP contribution in [0.25, 0.3) is 0 Å². The van der Waals surface area contributed by atoms with E-state index in [-0.39, 0.29) is 23.8 Å². The number of methoxy groups -OCH3 is 2. The van der Waals surface area contributed by atoms with E-state index < -0.39 is 15.4 Å². The van der Waals surface area contributed by atoms with Crippen LogP contribution in [0.2, 0.25) is 0 Å². The second-order valence-electron chi connectivity index (χ2n) is 5.81. The summed E-state index contributed by atoms with van der Waals surface area (Å²) in [7, 11) is 0.0367. The highest BCUT2D eigenvalue weighted by Gasteiger charge is 2.39. The lowest BCUT2D eigenvalue weighted by Gasteiger charge is -2.24. The van der Waals surface area contributed by atoms with Gasteiger partial charge in [-0.15, -0.1) is 0 Å². The van der Waals surface area contributed by atoms with Gasteiger partial charge in [-0.3, -0.25) is 4.79 Å². The zero-order valence-electron chi connectivity index (χ0n) is 13.0. The molecular weight excluding hydrogens is 306 g/mol. The average molecular weight is 327 g/mol. The Morgan fingerprint density at radius 3 is 2.59 bits per heavy atom. The quantitative estimate of drug-likeness (QED) is 0.870. The van der Waals surface area contributed by atoms with E-state index in [0.29, 0.717) is 17.9 Å². The first-order valence-electron chi connectivity index (χ1n) is 6.99. The number of carbonyl (C=O) groups is 1. The van der Waals surface area contributed by atoms with Crippen LogP contribution in [-0.4, -0.2) is 45.6 Å². The molecule has 2 rings (SSSR count). The summed E-state index contributed by atoms with van der Waals surface area (Å²) in [4.78, 5) is 12.2. The van der Waals surface area contributed by atoms with E-state index in [1.54, 1.807) is 32.2 Å². The predicted octanol–water partition coefficient (Wildman–Crippen LogP) is 0.940. The molecule has 1 aromatic carbocycles. The molecule has 0 aliphatic carbocycles. The van der Waals surface area contributed by atoms with Crippen LogP contribution in [0.4, 0.5) is 0 Å². The van der Waals surface area contributed by atoms with Crippen molar-refractivity contribution in [3.63, 3.8) is 0 Å². The maximum Gasteiger partial charge on any atom is 0.225 e. The molecule has 122 valence electrons. The van der Waals surface area contributed by atoms with Crippen LogP contribution < -0.4 is 14.8 Å². The van der Waals surface area contributed by atoms with Crippen LogP contribution in [0.1, 0.15) is 18.9 Å². The molecule has 0 radical (unpaired) electrons. The van der Waals surface area contributed by atoms with Crippen LogP contribution >= 0.6 is 0 Å². The molecule has 1 amide bonds. The summed E-state index contributed by atoms with van der Waals surface area (Å²) in [6.45, 7) is 1.76. The molecule has 1 aliphatic rings. The van der Waals surface area contributed by atoms with Crippen molar-refractivity contribution in [2.45, 2.75) is 25.3 Å². The Balaban J connectivity index is 2.06. The molecule has 1 atom stereocenters. The van der Waals surface area contributed by atoms with Crippen LogP contribution in [0.3, 0.4) is 0 Å². The number of hydrogen-bond donors (Lipinski definition) is 1. The zero-order valence-corrected chi connectivity index (χ0v) is 13.8. The average Bonchev–Trinajstić information content (AvgIpc) is 2.72. The van der Waals surface area contributed by atoms with E-state index in [9.17, 15) is 13.2 Å². The smallest absolute Gasteiger partial charge is 0.225 e. The lowest BCUT2D eigenvalue weighted by atomic mass is 10.0. The number of nitrogens with one attached hydrogen (secondary N) is 1. The van der Waals surface area contributed by atoms with E-state index in [1.807, 2.05) is 0 Å². The molecular formula is C15H21NO5S. The van der Waals surface area contributed by atoms with Gasteiger partial charge in [-0.05, 0) is 19.4 Å². The highest BCUT2D eigenvalue weighted by atomic mass is 32.2. The van der Waals surface area contributed by atoms with Gasteiger partial charge < -0.3 is 14.8 Å². The third-order valence-corrected chi connectivity index (χ3v) is 5.69. The normalized spacial score (nSPS) is 23.0. The molecule has 7 heteroatoms. The number of benzene rings is 1. The Labute approximate surface area is 130 Å². The third kappa shape index (κ3) is 3.91. The van der Waals surface area contributed by atoms with Crippen molar-refractivity contribution in [3.8, 4) is 11.5 Å². The van der Waals surface area contributed by atoms with Crippen LogP contribution in [0, 0.1) is 0 Å². The fourth-order valence-electron chi connectivity index (χ4n) is 2.66. The second kappa shape index (κ2) is 6.16. The minimum atomic E-state index is -3.05. The molecule has 22 heavy (non-hydrogen) atoms. The fraction of sp³-hybridized carbons (Fsp3) is 0.533. The van der Waals surface area contributed by atoms with Crippen molar-refractivity contribution in [1.82, 2.24) is 5.32 Å². The number of amides is 1. The van der Waals surface area contributed by atoms with E-state index in [4.69, 9.17) is 9.47 Å². The van der Waals surface area contributed by atoms with Crippen LogP contribution in [0.5, 0.6) is 11.5 Å². The Hall–Kier alpha value is -1.76. The van der Waals surface area contributed by atoms with Crippen LogP contribution in [0.15, 0.2) is 18.2 Å². The van der Waals surface area contributed by atoms with Gasteiger partial charge in [0, 0.05) is 11.6 Å². The third-order valence-electron chi connectivity index (χ3n) is 3.79. The monoisotopic (exact) mass is 327 g/mol. The van der Waals surface area contributed by atoms with Gasteiger partial charge in [-0.2, -0.15) is 0 Å².